The highest BCUT2D eigenvalue weighted by Crippen LogP contribution is 2.34. The van der Waals surface area contributed by atoms with Crippen LogP contribution in [0, 0.1) is 12.8 Å². The van der Waals surface area contributed by atoms with Gasteiger partial charge in [-0.25, -0.2) is 4.98 Å². The monoisotopic (exact) mass is 568 g/mol. The third-order valence-electron chi connectivity index (χ3n) is 8.00. The van der Waals surface area contributed by atoms with E-state index in [9.17, 15) is 15.0 Å². The molecule has 0 aliphatic carbocycles. The maximum Gasteiger partial charge on any atom is 0.234 e. The number of rotatable bonds is 9. The van der Waals surface area contributed by atoms with Crippen molar-refractivity contribution in [3.63, 3.8) is 0 Å². The number of benzene rings is 1. The standard InChI is InChI=1S/C29H40N6O4S/c1-17(2)26(24-14-25(33-39-24)34-11-9-30-10-12-34)29(38)35-15-22(36)13-23(35)28(37)32-18(3)20-5-7-21(8-6-20)27-19(4)31-16-40-27/h5-8,14,16-18,22-23,26,28,30,32,36-37H,9-13,15H2,1-4H3/t18-,22+,23-,26+,28?/m0/s1. The van der Waals surface area contributed by atoms with Crippen molar-refractivity contribution in [1.29, 1.82) is 0 Å². The minimum Gasteiger partial charge on any atom is -0.391 e. The lowest BCUT2D eigenvalue weighted by molar-refractivity contribution is -0.138. The summed E-state index contributed by atoms with van der Waals surface area (Å²) in [5, 5.41) is 32.6. The van der Waals surface area contributed by atoms with Gasteiger partial charge in [0.1, 0.15) is 12.1 Å². The van der Waals surface area contributed by atoms with Gasteiger partial charge in [0.25, 0.3) is 0 Å². The maximum absolute atomic E-state index is 13.9. The largest absolute Gasteiger partial charge is 0.391 e. The Bertz CT molecular complexity index is 1270. The number of carbonyl (C=O) groups is 1. The Morgan fingerprint density at radius 2 is 1.93 bits per heavy atom. The maximum atomic E-state index is 13.9. The van der Waals surface area contributed by atoms with Gasteiger partial charge in [-0.3, -0.25) is 10.1 Å². The quantitative estimate of drug-likeness (QED) is 0.288. The molecule has 0 spiro atoms. The first-order valence-electron chi connectivity index (χ1n) is 14.1. The number of thiazole rings is 1. The highest BCUT2D eigenvalue weighted by atomic mass is 32.1. The van der Waals surface area contributed by atoms with Gasteiger partial charge in [-0.2, -0.15) is 0 Å². The summed E-state index contributed by atoms with van der Waals surface area (Å²) in [5.74, 6) is 0.460. The van der Waals surface area contributed by atoms with E-state index in [1.165, 1.54) is 0 Å². The van der Waals surface area contributed by atoms with Crippen LogP contribution in [-0.4, -0.2) is 82.3 Å². The van der Waals surface area contributed by atoms with Gasteiger partial charge in [-0.1, -0.05) is 43.3 Å². The molecule has 2 saturated heterocycles. The summed E-state index contributed by atoms with van der Waals surface area (Å²) in [4.78, 5) is 23.2. The first kappa shape index (κ1) is 28.7. The Morgan fingerprint density at radius 3 is 2.58 bits per heavy atom. The van der Waals surface area contributed by atoms with E-state index < -0.39 is 24.3 Å². The molecule has 1 unspecified atom stereocenters. The average Bonchev–Trinajstić information content (AvgIpc) is 3.69. The number of aliphatic hydroxyl groups excluding tert-OH is 2. The van der Waals surface area contributed by atoms with Gasteiger partial charge in [-0.15, -0.1) is 11.3 Å². The van der Waals surface area contributed by atoms with E-state index in [-0.39, 0.29) is 24.4 Å². The molecule has 0 saturated carbocycles. The molecule has 0 bridgehead atoms. The van der Waals surface area contributed by atoms with E-state index in [0.29, 0.717) is 12.2 Å². The molecule has 2 aromatic heterocycles. The number of piperazine rings is 1. The van der Waals surface area contributed by atoms with Crippen molar-refractivity contribution < 1.29 is 19.5 Å². The number of anilines is 1. The van der Waals surface area contributed by atoms with E-state index in [4.69, 9.17) is 4.52 Å². The molecule has 5 rings (SSSR count). The van der Waals surface area contributed by atoms with Crippen LogP contribution in [0.5, 0.6) is 0 Å². The van der Waals surface area contributed by atoms with Crippen LogP contribution in [0.1, 0.15) is 56.2 Å². The molecule has 11 heteroatoms. The fourth-order valence-corrected chi connectivity index (χ4v) is 6.56. The van der Waals surface area contributed by atoms with E-state index in [0.717, 1.165) is 53.7 Å². The minimum absolute atomic E-state index is 0.0561. The number of likely N-dealkylation sites (tertiary alicyclic amines) is 1. The molecule has 1 amide bonds. The van der Waals surface area contributed by atoms with Gasteiger partial charge in [0.05, 0.1) is 28.2 Å². The van der Waals surface area contributed by atoms with E-state index in [1.807, 2.05) is 51.4 Å². The molecule has 2 aliphatic heterocycles. The van der Waals surface area contributed by atoms with Gasteiger partial charge in [0.15, 0.2) is 11.6 Å². The number of aliphatic hydroxyl groups is 2. The number of nitrogens with zero attached hydrogens (tertiary/aromatic N) is 4. The van der Waals surface area contributed by atoms with Gasteiger partial charge in [0, 0.05) is 44.8 Å². The summed E-state index contributed by atoms with van der Waals surface area (Å²) in [7, 11) is 0. The van der Waals surface area contributed by atoms with Gasteiger partial charge in [0.2, 0.25) is 5.91 Å². The number of β-amino-alcohol motifs (C(OH)–C–C–N with tert-alkyl or cyclic N) is 1. The van der Waals surface area contributed by atoms with Crippen molar-refractivity contribution in [1.82, 2.24) is 25.7 Å². The molecule has 5 atom stereocenters. The van der Waals surface area contributed by atoms with Crippen LogP contribution in [-0.2, 0) is 4.79 Å². The first-order valence-corrected chi connectivity index (χ1v) is 15.0. The molecular weight excluding hydrogens is 528 g/mol. The molecule has 10 nitrogen and oxygen atoms in total. The molecular formula is C29H40N6O4S. The van der Waals surface area contributed by atoms with Crippen molar-refractivity contribution >= 4 is 23.1 Å². The highest BCUT2D eigenvalue weighted by molar-refractivity contribution is 7.13. The van der Waals surface area contributed by atoms with Crippen molar-refractivity contribution in [3.05, 3.63) is 52.9 Å². The Hall–Kier alpha value is -2.83. The van der Waals surface area contributed by atoms with Gasteiger partial charge in [-0.05, 0) is 37.3 Å². The Labute approximate surface area is 239 Å². The van der Waals surface area contributed by atoms with Crippen molar-refractivity contribution in [2.24, 2.45) is 5.92 Å². The van der Waals surface area contributed by atoms with E-state index in [2.05, 4.69) is 37.8 Å². The summed E-state index contributed by atoms with van der Waals surface area (Å²) in [6.45, 7) is 11.5. The number of hydrogen-bond acceptors (Lipinski definition) is 10. The minimum atomic E-state index is -1.02. The molecule has 0 radical (unpaired) electrons. The summed E-state index contributed by atoms with van der Waals surface area (Å²) >= 11 is 1.62. The number of carbonyl (C=O) groups excluding carboxylic acids is 1. The van der Waals surface area contributed by atoms with Crippen molar-refractivity contribution in [2.75, 3.05) is 37.6 Å². The zero-order valence-electron chi connectivity index (χ0n) is 23.6. The fourth-order valence-electron chi connectivity index (χ4n) is 5.74. The Morgan fingerprint density at radius 1 is 1.20 bits per heavy atom. The molecule has 2 aliphatic rings. The summed E-state index contributed by atoms with van der Waals surface area (Å²) < 4.78 is 5.71. The van der Waals surface area contributed by atoms with Crippen LogP contribution in [0.3, 0.4) is 0 Å². The smallest absolute Gasteiger partial charge is 0.234 e. The lowest BCUT2D eigenvalue weighted by Gasteiger charge is -2.33. The molecule has 2 fully saturated rings. The van der Waals surface area contributed by atoms with Gasteiger partial charge >= 0.3 is 0 Å². The molecule has 40 heavy (non-hydrogen) atoms. The lowest BCUT2D eigenvalue weighted by atomic mass is 9.91. The van der Waals surface area contributed by atoms with Crippen LogP contribution in [0.4, 0.5) is 5.82 Å². The molecule has 3 aromatic rings. The SMILES string of the molecule is Cc1ncsc1-c1ccc([C@H](C)NC(O)[C@@H]2C[C@@H](O)CN2C(=O)[C@@H](c2cc(N3CCNCC3)no2)C(C)C)cc1. The molecule has 4 N–H and O–H groups in total. The number of aryl methyl sites for hydroxylation is 1. The third-order valence-corrected chi connectivity index (χ3v) is 8.98. The number of amides is 1. The summed E-state index contributed by atoms with van der Waals surface area (Å²) in [6, 6.07) is 9.34. The Kier molecular flexibility index (Phi) is 8.86. The molecule has 4 heterocycles. The van der Waals surface area contributed by atoms with Crippen LogP contribution in [0.2, 0.25) is 0 Å². The predicted octanol–water partition coefficient (Wildman–Crippen LogP) is 2.89. The van der Waals surface area contributed by atoms with Gasteiger partial charge < -0.3 is 29.9 Å². The second kappa shape index (κ2) is 12.4. The average molecular weight is 569 g/mol. The van der Waals surface area contributed by atoms with Crippen molar-refractivity contribution in [3.8, 4) is 10.4 Å². The second-order valence-electron chi connectivity index (χ2n) is 11.2. The topological polar surface area (TPSA) is 127 Å². The zero-order chi connectivity index (χ0) is 28.4. The molecule has 1 aromatic carbocycles. The van der Waals surface area contributed by atoms with Crippen LogP contribution in [0.15, 0.2) is 40.4 Å². The van der Waals surface area contributed by atoms with E-state index in [1.54, 1.807) is 16.2 Å². The van der Waals surface area contributed by atoms with Crippen molar-refractivity contribution in [2.45, 2.75) is 64.4 Å². The Balaban J connectivity index is 1.28. The summed E-state index contributed by atoms with van der Waals surface area (Å²) in [5.41, 5.74) is 4.98. The highest BCUT2D eigenvalue weighted by Gasteiger charge is 2.43. The zero-order valence-corrected chi connectivity index (χ0v) is 24.4. The summed E-state index contributed by atoms with van der Waals surface area (Å²) in [6.07, 6.45) is -1.43. The number of aromatic nitrogens is 2. The lowest BCUT2D eigenvalue weighted by Crippen LogP contribution is -2.51. The molecule has 216 valence electrons. The van der Waals surface area contributed by atoms with Crippen LogP contribution in [0.25, 0.3) is 10.4 Å². The first-order chi connectivity index (χ1) is 19.2. The second-order valence-corrected chi connectivity index (χ2v) is 12.1. The van der Waals surface area contributed by atoms with Crippen LogP contribution < -0.4 is 15.5 Å². The number of nitrogens with one attached hydrogen (secondary N) is 2. The number of hydrogen-bond donors (Lipinski definition) is 4. The third kappa shape index (κ3) is 6.08. The van der Waals surface area contributed by atoms with Crippen LogP contribution >= 0.6 is 11.3 Å². The fraction of sp³-hybridized carbons (Fsp3) is 0.552. The normalized spacial score (nSPS) is 22.1. The van der Waals surface area contributed by atoms with E-state index >= 15 is 0 Å². The predicted molar refractivity (Wildman–Crippen MR) is 155 cm³/mol.